The van der Waals surface area contributed by atoms with Crippen LogP contribution in [-0.4, -0.2) is 56.5 Å². The van der Waals surface area contributed by atoms with E-state index in [9.17, 15) is 9.59 Å². The summed E-state index contributed by atoms with van der Waals surface area (Å²) in [7, 11) is 3.15. The van der Waals surface area contributed by atoms with Crippen LogP contribution in [0.25, 0.3) is 0 Å². The number of carbonyl (C=O) groups is 2. The molecule has 1 aromatic carbocycles. The standard InChI is InChI=1S/C20H30N4O3.HI/c1-5-9-22-18(25)16-8-6-7-15(10-16)11-23-20(21-3)24-12-14(2)17(13-24)19(26)27-4;/h6-8,10,14,17H,5,9,11-13H2,1-4H3,(H,21,23)(H,22,25);1H. The van der Waals surface area contributed by atoms with Crippen molar-refractivity contribution in [3.05, 3.63) is 35.4 Å². The Hall–Kier alpha value is -1.84. The van der Waals surface area contributed by atoms with Crippen molar-refractivity contribution in [1.82, 2.24) is 15.5 Å². The van der Waals surface area contributed by atoms with Crippen LogP contribution < -0.4 is 10.6 Å². The van der Waals surface area contributed by atoms with Crippen molar-refractivity contribution in [3.63, 3.8) is 0 Å². The predicted octanol–water partition coefficient (Wildman–Crippen LogP) is 2.26. The third kappa shape index (κ3) is 6.35. The van der Waals surface area contributed by atoms with Gasteiger partial charge in [-0.05, 0) is 30.0 Å². The SMILES string of the molecule is CCCNC(=O)c1cccc(CNC(=NC)N2CC(C)C(C(=O)OC)C2)c1.I. The lowest BCUT2D eigenvalue weighted by atomic mass is 9.99. The van der Waals surface area contributed by atoms with Gasteiger partial charge >= 0.3 is 5.97 Å². The quantitative estimate of drug-likeness (QED) is 0.270. The Kier molecular flexibility index (Phi) is 10.3. The number of rotatable bonds is 6. The van der Waals surface area contributed by atoms with E-state index in [4.69, 9.17) is 4.74 Å². The molecule has 1 aliphatic rings. The third-order valence-electron chi connectivity index (χ3n) is 4.80. The summed E-state index contributed by atoms with van der Waals surface area (Å²) in [5, 5.41) is 6.21. The van der Waals surface area contributed by atoms with Crippen molar-refractivity contribution in [2.24, 2.45) is 16.8 Å². The van der Waals surface area contributed by atoms with Crippen molar-refractivity contribution >= 4 is 41.8 Å². The van der Waals surface area contributed by atoms with Gasteiger partial charge in [-0.2, -0.15) is 0 Å². The van der Waals surface area contributed by atoms with Gasteiger partial charge in [-0.15, -0.1) is 24.0 Å². The van der Waals surface area contributed by atoms with Crippen LogP contribution in [0.1, 0.15) is 36.2 Å². The summed E-state index contributed by atoms with van der Waals surface area (Å²) >= 11 is 0. The van der Waals surface area contributed by atoms with Crippen LogP contribution in [0.2, 0.25) is 0 Å². The number of amides is 1. The maximum absolute atomic E-state index is 12.1. The lowest BCUT2D eigenvalue weighted by Gasteiger charge is -2.21. The van der Waals surface area contributed by atoms with Crippen molar-refractivity contribution in [3.8, 4) is 0 Å². The molecule has 0 spiro atoms. The number of guanidine groups is 1. The number of ether oxygens (including phenoxy) is 1. The molecule has 2 rings (SSSR count). The summed E-state index contributed by atoms with van der Waals surface area (Å²) in [5.74, 6) is 0.582. The fraction of sp³-hybridized carbons (Fsp3) is 0.550. The highest BCUT2D eigenvalue weighted by Gasteiger charge is 2.36. The van der Waals surface area contributed by atoms with Gasteiger partial charge in [0.2, 0.25) is 0 Å². The molecule has 0 radical (unpaired) electrons. The molecule has 0 bridgehead atoms. The molecular weight excluding hydrogens is 471 g/mol. The Morgan fingerprint density at radius 2 is 2.04 bits per heavy atom. The second-order valence-electron chi connectivity index (χ2n) is 6.87. The zero-order valence-electron chi connectivity index (χ0n) is 17.0. The van der Waals surface area contributed by atoms with Gasteiger partial charge < -0.3 is 20.3 Å². The molecule has 2 atom stereocenters. The van der Waals surface area contributed by atoms with Gasteiger partial charge in [-0.25, -0.2) is 0 Å². The fourth-order valence-corrected chi connectivity index (χ4v) is 3.27. The van der Waals surface area contributed by atoms with Gasteiger partial charge in [-0.1, -0.05) is 26.0 Å². The Morgan fingerprint density at radius 1 is 1.29 bits per heavy atom. The van der Waals surface area contributed by atoms with Crippen LogP contribution in [0.15, 0.2) is 29.3 Å². The largest absolute Gasteiger partial charge is 0.469 e. The number of methoxy groups -OCH3 is 1. The first kappa shape index (κ1) is 24.2. The van der Waals surface area contributed by atoms with E-state index < -0.39 is 0 Å². The minimum atomic E-state index is -0.175. The van der Waals surface area contributed by atoms with Gasteiger partial charge in [0.25, 0.3) is 5.91 Å². The fourth-order valence-electron chi connectivity index (χ4n) is 3.27. The molecule has 1 heterocycles. The number of carbonyl (C=O) groups excluding carboxylic acids is 2. The molecule has 1 saturated heterocycles. The lowest BCUT2D eigenvalue weighted by Crippen LogP contribution is -2.40. The van der Waals surface area contributed by atoms with E-state index in [0.29, 0.717) is 25.2 Å². The first-order valence-corrected chi connectivity index (χ1v) is 9.40. The molecule has 0 aromatic heterocycles. The van der Waals surface area contributed by atoms with E-state index in [0.717, 1.165) is 24.5 Å². The first-order valence-electron chi connectivity index (χ1n) is 9.40. The minimum Gasteiger partial charge on any atom is -0.469 e. The Balaban J connectivity index is 0.00000392. The Bertz CT molecular complexity index is 696. The second-order valence-corrected chi connectivity index (χ2v) is 6.87. The maximum Gasteiger partial charge on any atom is 0.310 e. The molecule has 1 aromatic rings. The minimum absolute atomic E-state index is 0. The number of aliphatic imine (C=N–C) groups is 1. The molecule has 2 unspecified atom stereocenters. The summed E-state index contributed by atoms with van der Waals surface area (Å²) in [6, 6.07) is 7.55. The van der Waals surface area contributed by atoms with Gasteiger partial charge in [0.1, 0.15) is 0 Å². The monoisotopic (exact) mass is 502 g/mol. The van der Waals surface area contributed by atoms with Crippen LogP contribution in [0, 0.1) is 11.8 Å². The maximum atomic E-state index is 12.1. The summed E-state index contributed by atoms with van der Waals surface area (Å²) < 4.78 is 4.90. The molecule has 8 heteroatoms. The number of benzene rings is 1. The number of hydrogen-bond acceptors (Lipinski definition) is 4. The number of esters is 1. The average Bonchev–Trinajstić information content (AvgIpc) is 3.07. The summed E-state index contributed by atoms with van der Waals surface area (Å²) in [6.45, 7) is 6.63. The van der Waals surface area contributed by atoms with E-state index in [-0.39, 0.29) is 47.7 Å². The Labute approximate surface area is 184 Å². The molecule has 28 heavy (non-hydrogen) atoms. The number of likely N-dealkylation sites (tertiary alicyclic amines) is 1. The van der Waals surface area contributed by atoms with Gasteiger partial charge in [-0.3, -0.25) is 14.6 Å². The molecule has 1 aliphatic heterocycles. The van der Waals surface area contributed by atoms with Gasteiger partial charge in [0, 0.05) is 38.8 Å². The number of halogens is 1. The summed E-state index contributed by atoms with van der Waals surface area (Å²) in [6.07, 6.45) is 0.907. The van der Waals surface area contributed by atoms with Crippen LogP contribution in [0.5, 0.6) is 0 Å². The predicted molar refractivity (Wildman–Crippen MR) is 121 cm³/mol. The number of nitrogens with zero attached hydrogens (tertiary/aromatic N) is 2. The van der Waals surface area contributed by atoms with Gasteiger partial charge in [0.15, 0.2) is 5.96 Å². The Morgan fingerprint density at radius 3 is 2.68 bits per heavy atom. The first-order chi connectivity index (χ1) is 13.0. The molecule has 0 aliphatic carbocycles. The molecule has 0 saturated carbocycles. The molecule has 156 valence electrons. The highest BCUT2D eigenvalue weighted by Crippen LogP contribution is 2.24. The molecule has 1 amide bonds. The third-order valence-corrected chi connectivity index (χ3v) is 4.80. The number of nitrogens with one attached hydrogen (secondary N) is 2. The second kappa shape index (κ2) is 11.9. The van der Waals surface area contributed by atoms with Gasteiger partial charge in [0.05, 0.1) is 13.0 Å². The molecule has 1 fully saturated rings. The highest BCUT2D eigenvalue weighted by molar-refractivity contribution is 14.0. The average molecular weight is 502 g/mol. The van der Waals surface area contributed by atoms with Crippen molar-refractivity contribution in [2.45, 2.75) is 26.8 Å². The number of hydrogen-bond donors (Lipinski definition) is 2. The zero-order chi connectivity index (χ0) is 19.8. The van der Waals surface area contributed by atoms with Crippen LogP contribution in [0.4, 0.5) is 0 Å². The van der Waals surface area contributed by atoms with E-state index in [1.807, 2.05) is 38.1 Å². The summed E-state index contributed by atoms with van der Waals surface area (Å²) in [5.41, 5.74) is 1.65. The summed E-state index contributed by atoms with van der Waals surface area (Å²) in [4.78, 5) is 30.4. The van der Waals surface area contributed by atoms with Crippen LogP contribution in [-0.2, 0) is 16.1 Å². The lowest BCUT2D eigenvalue weighted by molar-refractivity contribution is -0.145. The normalized spacial score (nSPS) is 19.0. The molecule has 7 nitrogen and oxygen atoms in total. The van der Waals surface area contributed by atoms with E-state index in [1.165, 1.54) is 7.11 Å². The smallest absolute Gasteiger partial charge is 0.310 e. The van der Waals surface area contributed by atoms with Crippen molar-refractivity contribution < 1.29 is 14.3 Å². The van der Waals surface area contributed by atoms with Crippen LogP contribution >= 0.6 is 24.0 Å². The van der Waals surface area contributed by atoms with Crippen molar-refractivity contribution in [2.75, 3.05) is 33.8 Å². The van der Waals surface area contributed by atoms with Crippen molar-refractivity contribution in [1.29, 1.82) is 0 Å². The highest BCUT2D eigenvalue weighted by atomic mass is 127. The zero-order valence-corrected chi connectivity index (χ0v) is 19.4. The van der Waals surface area contributed by atoms with E-state index in [1.54, 1.807) is 7.05 Å². The topological polar surface area (TPSA) is 83.0 Å². The van der Waals surface area contributed by atoms with E-state index >= 15 is 0 Å². The van der Waals surface area contributed by atoms with Crippen LogP contribution in [0.3, 0.4) is 0 Å². The van der Waals surface area contributed by atoms with E-state index in [2.05, 4.69) is 20.5 Å². The molecular formula is C20H31IN4O3. The molecule has 2 N–H and O–H groups in total.